The lowest BCUT2D eigenvalue weighted by Gasteiger charge is -2.33. The zero-order valence-corrected chi connectivity index (χ0v) is 25.5. The minimum Gasteiger partial charge on any atom is -0.352 e. The third kappa shape index (κ3) is 7.43. The van der Waals surface area contributed by atoms with E-state index in [-0.39, 0.29) is 23.4 Å². The van der Waals surface area contributed by atoms with E-state index in [1.54, 1.807) is 18.2 Å². The van der Waals surface area contributed by atoms with Gasteiger partial charge in [0.25, 0.3) is 0 Å². The molecule has 2 atom stereocenters. The maximum Gasteiger partial charge on any atom is 0.243 e. The maximum absolute atomic E-state index is 14.1. The molecule has 0 spiro atoms. The maximum atomic E-state index is 14.1. The van der Waals surface area contributed by atoms with Crippen LogP contribution in [0.4, 0.5) is 0 Å². The lowest BCUT2D eigenvalue weighted by molar-refractivity contribution is -0.141. The highest BCUT2D eigenvalue weighted by atomic mass is 32.2. The molecular formula is C34H39N3O4S. The summed E-state index contributed by atoms with van der Waals surface area (Å²) in [6.45, 7) is 5.62. The van der Waals surface area contributed by atoms with Gasteiger partial charge in [0.2, 0.25) is 21.8 Å². The van der Waals surface area contributed by atoms with E-state index in [0.717, 1.165) is 38.2 Å². The largest absolute Gasteiger partial charge is 0.352 e. The number of carbonyl (C=O) groups is 2. The van der Waals surface area contributed by atoms with Crippen LogP contribution in [-0.4, -0.2) is 55.1 Å². The van der Waals surface area contributed by atoms with Gasteiger partial charge < -0.3 is 10.2 Å². The summed E-state index contributed by atoms with van der Waals surface area (Å²) >= 11 is 0. The molecule has 2 amide bonds. The van der Waals surface area contributed by atoms with E-state index in [1.807, 2.05) is 99.6 Å². The molecule has 0 aromatic heterocycles. The summed E-state index contributed by atoms with van der Waals surface area (Å²) in [6.07, 6.45) is 1.03. The molecule has 8 heteroatoms. The Morgan fingerprint density at radius 2 is 1.50 bits per heavy atom. The van der Waals surface area contributed by atoms with Crippen LogP contribution in [0.1, 0.15) is 37.0 Å². The molecule has 0 aliphatic heterocycles. The Balaban J connectivity index is 1.68. The molecule has 7 nitrogen and oxygen atoms in total. The second-order valence-corrected chi connectivity index (χ2v) is 12.8. The van der Waals surface area contributed by atoms with Crippen molar-refractivity contribution in [2.75, 3.05) is 13.6 Å². The first-order valence-electron chi connectivity index (χ1n) is 14.2. The number of fused-ring (bicyclic) bond motifs is 1. The zero-order valence-electron chi connectivity index (χ0n) is 24.7. The summed E-state index contributed by atoms with van der Waals surface area (Å²) in [4.78, 5) is 29.5. The van der Waals surface area contributed by atoms with Crippen molar-refractivity contribution in [3.63, 3.8) is 0 Å². The Hall–Kier alpha value is -4.01. The number of hydrogen-bond acceptors (Lipinski definition) is 4. The number of likely N-dealkylation sites (N-methyl/N-ethyl adjacent to an activating group) is 1. The molecule has 1 N–H and O–H groups in total. The molecule has 2 unspecified atom stereocenters. The fourth-order valence-corrected chi connectivity index (χ4v) is 6.00. The van der Waals surface area contributed by atoms with Crippen molar-refractivity contribution in [1.82, 2.24) is 14.5 Å². The third-order valence-corrected chi connectivity index (χ3v) is 9.46. The van der Waals surface area contributed by atoms with Crippen LogP contribution in [0, 0.1) is 6.92 Å². The van der Waals surface area contributed by atoms with Crippen LogP contribution >= 0.6 is 0 Å². The van der Waals surface area contributed by atoms with E-state index < -0.39 is 28.5 Å². The standard InChI is InChI=1S/C34H39N3O4S/c1-5-26(3)35-34(39)32(21-27-14-7-6-8-15-27)37(23-30-18-10-9-13-25(30)2)33(38)24-36(4)42(40,41)31-20-19-28-16-11-12-17-29(28)22-31/h6-20,22,26,32H,5,21,23-24H2,1-4H3,(H,35,39). The van der Waals surface area contributed by atoms with Crippen LogP contribution in [0.3, 0.4) is 0 Å². The van der Waals surface area contributed by atoms with Crippen molar-refractivity contribution in [1.29, 1.82) is 0 Å². The molecule has 4 aromatic rings. The van der Waals surface area contributed by atoms with Gasteiger partial charge in [-0.25, -0.2) is 8.42 Å². The molecule has 0 aliphatic carbocycles. The van der Waals surface area contributed by atoms with Crippen molar-refractivity contribution < 1.29 is 18.0 Å². The Morgan fingerprint density at radius 1 is 0.857 bits per heavy atom. The molecule has 0 fully saturated rings. The SMILES string of the molecule is CCC(C)NC(=O)C(Cc1ccccc1)N(Cc1ccccc1C)C(=O)CN(C)S(=O)(=O)c1ccc2ccccc2c1. The predicted molar refractivity (Wildman–Crippen MR) is 167 cm³/mol. The van der Waals surface area contributed by atoms with Crippen LogP contribution in [0.2, 0.25) is 0 Å². The summed E-state index contributed by atoms with van der Waals surface area (Å²) in [7, 11) is -2.58. The van der Waals surface area contributed by atoms with Crippen molar-refractivity contribution in [2.45, 2.75) is 57.1 Å². The van der Waals surface area contributed by atoms with Gasteiger partial charge in [-0.15, -0.1) is 0 Å². The summed E-state index contributed by atoms with van der Waals surface area (Å²) < 4.78 is 28.3. The Morgan fingerprint density at radius 3 is 2.19 bits per heavy atom. The van der Waals surface area contributed by atoms with Crippen LogP contribution < -0.4 is 5.32 Å². The first-order chi connectivity index (χ1) is 20.1. The first kappa shape index (κ1) is 30.9. The van der Waals surface area contributed by atoms with Gasteiger partial charge in [0.15, 0.2) is 0 Å². The number of rotatable bonds is 12. The molecule has 4 rings (SSSR count). The molecular weight excluding hydrogens is 546 g/mol. The number of aryl methyl sites for hydroxylation is 1. The van der Waals surface area contributed by atoms with Gasteiger partial charge in [-0.3, -0.25) is 9.59 Å². The smallest absolute Gasteiger partial charge is 0.243 e. The van der Waals surface area contributed by atoms with Gasteiger partial charge in [-0.1, -0.05) is 91.9 Å². The van der Waals surface area contributed by atoms with E-state index >= 15 is 0 Å². The highest BCUT2D eigenvalue weighted by Crippen LogP contribution is 2.23. The second-order valence-electron chi connectivity index (χ2n) is 10.7. The highest BCUT2D eigenvalue weighted by molar-refractivity contribution is 7.89. The molecule has 0 radical (unpaired) electrons. The monoisotopic (exact) mass is 585 g/mol. The number of amides is 2. The van der Waals surface area contributed by atoms with E-state index in [9.17, 15) is 18.0 Å². The number of sulfonamides is 1. The molecule has 220 valence electrons. The van der Waals surface area contributed by atoms with Gasteiger partial charge >= 0.3 is 0 Å². The molecule has 0 saturated carbocycles. The summed E-state index contributed by atoms with van der Waals surface area (Å²) in [6, 6.07) is 28.8. The number of nitrogens with one attached hydrogen (secondary N) is 1. The van der Waals surface area contributed by atoms with Crippen molar-refractivity contribution in [2.24, 2.45) is 0 Å². The van der Waals surface area contributed by atoms with E-state index in [2.05, 4.69) is 5.32 Å². The fraction of sp³-hybridized carbons (Fsp3) is 0.294. The number of hydrogen-bond donors (Lipinski definition) is 1. The van der Waals surface area contributed by atoms with Gasteiger partial charge in [0.1, 0.15) is 6.04 Å². The number of nitrogens with zero attached hydrogens (tertiary/aromatic N) is 2. The van der Waals surface area contributed by atoms with Crippen LogP contribution in [0.15, 0.2) is 102 Å². The quantitative estimate of drug-likeness (QED) is 0.244. The van der Waals surface area contributed by atoms with Gasteiger partial charge in [-0.2, -0.15) is 4.31 Å². The zero-order chi connectivity index (χ0) is 30.3. The van der Waals surface area contributed by atoms with E-state index in [4.69, 9.17) is 0 Å². The van der Waals surface area contributed by atoms with Gasteiger partial charge in [0.05, 0.1) is 11.4 Å². The topological polar surface area (TPSA) is 86.8 Å². The fourth-order valence-electron chi connectivity index (χ4n) is 4.84. The number of benzene rings is 4. The minimum atomic E-state index is -3.98. The lowest BCUT2D eigenvalue weighted by Crippen LogP contribution is -2.54. The number of carbonyl (C=O) groups excluding carboxylic acids is 2. The minimum absolute atomic E-state index is 0.0814. The Bertz CT molecular complexity index is 1640. The predicted octanol–water partition coefficient (Wildman–Crippen LogP) is 5.32. The van der Waals surface area contributed by atoms with Crippen molar-refractivity contribution >= 4 is 32.6 Å². The van der Waals surface area contributed by atoms with Crippen LogP contribution in [0.25, 0.3) is 10.8 Å². The summed E-state index contributed by atoms with van der Waals surface area (Å²) in [5.41, 5.74) is 2.77. The average molecular weight is 586 g/mol. The molecule has 4 aromatic carbocycles. The summed E-state index contributed by atoms with van der Waals surface area (Å²) in [5.74, 6) is -0.722. The Labute approximate surface area is 249 Å². The Kier molecular flexibility index (Phi) is 10.1. The lowest BCUT2D eigenvalue weighted by atomic mass is 10.0. The highest BCUT2D eigenvalue weighted by Gasteiger charge is 2.33. The molecule has 0 heterocycles. The van der Waals surface area contributed by atoms with E-state index in [0.29, 0.717) is 6.42 Å². The van der Waals surface area contributed by atoms with E-state index in [1.165, 1.54) is 11.9 Å². The molecule has 0 aliphatic rings. The van der Waals surface area contributed by atoms with Gasteiger partial charge in [-0.05, 0) is 59.9 Å². The van der Waals surface area contributed by atoms with Crippen molar-refractivity contribution in [3.05, 3.63) is 114 Å². The van der Waals surface area contributed by atoms with Crippen molar-refractivity contribution in [3.8, 4) is 0 Å². The third-order valence-electron chi connectivity index (χ3n) is 7.66. The van der Waals surface area contributed by atoms with Crippen LogP contribution in [0.5, 0.6) is 0 Å². The molecule has 0 saturated heterocycles. The van der Waals surface area contributed by atoms with Gasteiger partial charge in [0, 0.05) is 26.1 Å². The second kappa shape index (κ2) is 13.8. The average Bonchev–Trinajstić information content (AvgIpc) is 2.99. The molecule has 42 heavy (non-hydrogen) atoms. The normalized spacial score (nSPS) is 13.1. The van der Waals surface area contributed by atoms with Crippen LogP contribution in [-0.2, 0) is 32.6 Å². The molecule has 0 bridgehead atoms. The first-order valence-corrected chi connectivity index (χ1v) is 15.7. The summed E-state index contributed by atoms with van der Waals surface area (Å²) in [5, 5.41) is 4.77.